The van der Waals surface area contributed by atoms with Crippen LogP contribution in [0.2, 0.25) is 5.02 Å². The minimum Gasteiger partial charge on any atom is -0.497 e. The Balaban J connectivity index is 2.03. The van der Waals surface area contributed by atoms with Gasteiger partial charge in [-0.3, -0.25) is 0 Å². The van der Waals surface area contributed by atoms with E-state index < -0.39 is 21.4 Å². The van der Waals surface area contributed by atoms with Crippen molar-refractivity contribution in [1.29, 1.82) is 0 Å². The van der Waals surface area contributed by atoms with E-state index in [0.717, 1.165) is 5.56 Å². The molecule has 0 aliphatic rings. The van der Waals surface area contributed by atoms with Gasteiger partial charge in [-0.2, -0.15) is 0 Å². The fourth-order valence-corrected chi connectivity index (χ4v) is 3.66. The maximum atomic E-state index is 15.0. The van der Waals surface area contributed by atoms with Gasteiger partial charge in [0.15, 0.2) is 15.7 Å². The predicted octanol–water partition coefficient (Wildman–Crippen LogP) is 3.67. The van der Waals surface area contributed by atoms with Gasteiger partial charge >= 0.3 is 0 Å². The molecule has 0 spiro atoms. The lowest BCUT2D eigenvalue weighted by Gasteiger charge is -2.10. The SMILES string of the molecule is CCS(=O)(=O)Cc1ccc(Cl)c(-n2cc(-c3cccc(OC)c3)nn2)c1F. The van der Waals surface area contributed by atoms with E-state index in [2.05, 4.69) is 10.3 Å². The molecule has 0 unspecified atom stereocenters. The Morgan fingerprint density at radius 2 is 2.04 bits per heavy atom. The molecule has 27 heavy (non-hydrogen) atoms. The highest BCUT2D eigenvalue weighted by Gasteiger charge is 2.20. The lowest BCUT2D eigenvalue weighted by atomic mass is 10.1. The van der Waals surface area contributed by atoms with Gasteiger partial charge in [0.1, 0.15) is 17.1 Å². The third-order valence-corrected chi connectivity index (χ3v) is 5.99. The average Bonchev–Trinajstić information content (AvgIpc) is 3.14. The second-order valence-electron chi connectivity index (χ2n) is 5.83. The smallest absolute Gasteiger partial charge is 0.154 e. The number of aromatic nitrogens is 3. The van der Waals surface area contributed by atoms with E-state index in [0.29, 0.717) is 11.4 Å². The summed E-state index contributed by atoms with van der Waals surface area (Å²) in [6.45, 7) is 1.52. The van der Waals surface area contributed by atoms with Crippen LogP contribution in [0.15, 0.2) is 42.6 Å². The number of rotatable bonds is 6. The maximum Gasteiger partial charge on any atom is 0.154 e. The van der Waals surface area contributed by atoms with Crippen molar-refractivity contribution in [3.63, 3.8) is 0 Å². The molecule has 0 aliphatic heterocycles. The summed E-state index contributed by atoms with van der Waals surface area (Å²) < 4.78 is 45.1. The molecule has 0 amide bonds. The largest absolute Gasteiger partial charge is 0.497 e. The van der Waals surface area contributed by atoms with Crippen molar-refractivity contribution in [2.24, 2.45) is 0 Å². The van der Waals surface area contributed by atoms with E-state index in [1.165, 1.54) is 29.9 Å². The van der Waals surface area contributed by atoms with Crippen LogP contribution in [-0.4, -0.2) is 36.3 Å². The Morgan fingerprint density at radius 3 is 2.74 bits per heavy atom. The number of methoxy groups -OCH3 is 1. The van der Waals surface area contributed by atoms with Gasteiger partial charge in [-0.15, -0.1) is 5.10 Å². The number of hydrogen-bond donors (Lipinski definition) is 0. The van der Waals surface area contributed by atoms with Crippen LogP contribution in [0.5, 0.6) is 5.75 Å². The number of benzene rings is 2. The van der Waals surface area contributed by atoms with Gasteiger partial charge in [0.25, 0.3) is 0 Å². The summed E-state index contributed by atoms with van der Waals surface area (Å²) in [5.74, 6) is -0.565. The zero-order valence-corrected chi connectivity index (χ0v) is 16.3. The van der Waals surface area contributed by atoms with Gasteiger partial charge in [-0.05, 0) is 18.2 Å². The van der Waals surface area contributed by atoms with Crippen molar-refractivity contribution < 1.29 is 17.5 Å². The lowest BCUT2D eigenvalue weighted by Crippen LogP contribution is -2.10. The molecule has 2 aromatic carbocycles. The standard InChI is InChI=1S/C18H17ClFN3O3S/c1-3-27(24,25)11-13-7-8-15(19)18(17(13)20)23-10-16(21-22-23)12-5-4-6-14(9-12)26-2/h4-10H,3,11H2,1-2H3. The maximum absolute atomic E-state index is 15.0. The molecular formula is C18H17ClFN3O3S. The summed E-state index contributed by atoms with van der Waals surface area (Å²) >= 11 is 6.15. The van der Waals surface area contributed by atoms with Crippen LogP contribution in [0.3, 0.4) is 0 Å². The van der Waals surface area contributed by atoms with E-state index in [9.17, 15) is 12.8 Å². The van der Waals surface area contributed by atoms with E-state index in [1.807, 2.05) is 6.07 Å². The molecule has 0 N–H and O–H groups in total. The first-order chi connectivity index (χ1) is 12.8. The van der Waals surface area contributed by atoms with Crippen LogP contribution in [0.25, 0.3) is 16.9 Å². The van der Waals surface area contributed by atoms with Crippen molar-refractivity contribution in [2.75, 3.05) is 12.9 Å². The van der Waals surface area contributed by atoms with Crippen molar-refractivity contribution in [1.82, 2.24) is 15.0 Å². The zero-order valence-electron chi connectivity index (χ0n) is 14.7. The quantitative estimate of drug-likeness (QED) is 0.621. The van der Waals surface area contributed by atoms with E-state index >= 15 is 0 Å². The highest BCUT2D eigenvalue weighted by Crippen LogP contribution is 2.29. The summed E-state index contributed by atoms with van der Waals surface area (Å²) in [6, 6.07) is 10.0. The van der Waals surface area contributed by atoms with Crippen molar-refractivity contribution in [2.45, 2.75) is 12.7 Å². The van der Waals surface area contributed by atoms with Crippen molar-refractivity contribution in [3.8, 4) is 22.7 Å². The molecule has 3 rings (SSSR count). The molecule has 0 saturated heterocycles. The van der Waals surface area contributed by atoms with Gasteiger partial charge in [-0.1, -0.05) is 41.9 Å². The summed E-state index contributed by atoms with van der Waals surface area (Å²) in [6.07, 6.45) is 1.52. The first-order valence-electron chi connectivity index (χ1n) is 8.09. The Labute approximate surface area is 161 Å². The number of nitrogens with zero attached hydrogens (tertiary/aromatic N) is 3. The Morgan fingerprint density at radius 1 is 1.26 bits per heavy atom. The molecule has 1 heterocycles. The van der Waals surface area contributed by atoms with Gasteiger partial charge in [0.05, 0.1) is 24.1 Å². The summed E-state index contributed by atoms with van der Waals surface area (Å²) in [7, 11) is -1.84. The predicted molar refractivity (Wildman–Crippen MR) is 101 cm³/mol. The normalized spacial score (nSPS) is 11.6. The highest BCUT2D eigenvalue weighted by molar-refractivity contribution is 7.90. The van der Waals surface area contributed by atoms with Crippen LogP contribution in [0, 0.1) is 5.82 Å². The zero-order chi connectivity index (χ0) is 19.6. The van der Waals surface area contributed by atoms with Crippen molar-refractivity contribution >= 4 is 21.4 Å². The fraction of sp³-hybridized carbons (Fsp3) is 0.222. The molecule has 1 aromatic heterocycles. The molecule has 0 aliphatic carbocycles. The Bertz CT molecular complexity index is 1080. The summed E-state index contributed by atoms with van der Waals surface area (Å²) in [5.41, 5.74) is 1.23. The monoisotopic (exact) mass is 409 g/mol. The Kier molecular flexibility index (Phi) is 5.48. The van der Waals surface area contributed by atoms with Crippen LogP contribution in [-0.2, 0) is 15.6 Å². The molecule has 9 heteroatoms. The average molecular weight is 410 g/mol. The highest BCUT2D eigenvalue weighted by atomic mass is 35.5. The molecule has 0 saturated carbocycles. The van der Waals surface area contributed by atoms with Crippen LogP contribution >= 0.6 is 11.6 Å². The van der Waals surface area contributed by atoms with Crippen LogP contribution in [0.1, 0.15) is 12.5 Å². The third-order valence-electron chi connectivity index (χ3n) is 4.05. The third kappa shape index (κ3) is 4.12. The first kappa shape index (κ1) is 19.3. The minimum atomic E-state index is -3.39. The minimum absolute atomic E-state index is 0.0367. The lowest BCUT2D eigenvalue weighted by molar-refractivity contribution is 0.415. The molecule has 6 nitrogen and oxygen atoms in total. The molecule has 0 bridgehead atoms. The summed E-state index contributed by atoms with van der Waals surface area (Å²) in [5, 5.41) is 8.11. The molecule has 3 aromatic rings. The number of hydrogen-bond acceptors (Lipinski definition) is 5. The number of sulfone groups is 1. The first-order valence-corrected chi connectivity index (χ1v) is 10.3. The molecule has 142 valence electrons. The number of halogens is 2. The van der Waals surface area contributed by atoms with Gasteiger partial charge in [0.2, 0.25) is 0 Å². The van der Waals surface area contributed by atoms with Crippen LogP contribution < -0.4 is 4.74 Å². The molecule has 0 fully saturated rings. The van der Waals surface area contributed by atoms with E-state index in [1.54, 1.807) is 25.3 Å². The van der Waals surface area contributed by atoms with Crippen molar-refractivity contribution in [3.05, 3.63) is 59.0 Å². The fourth-order valence-electron chi connectivity index (χ4n) is 2.53. The number of ether oxygens (including phenoxy) is 1. The Hall–Kier alpha value is -2.45. The molecule has 0 radical (unpaired) electrons. The van der Waals surface area contributed by atoms with E-state index in [4.69, 9.17) is 16.3 Å². The second-order valence-corrected chi connectivity index (χ2v) is 8.59. The van der Waals surface area contributed by atoms with Crippen LogP contribution in [0.4, 0.5) is 4.39 Å². The second kappa shape index (κ2) is 7.66. The molecule has 0 atom stereocenters. The van der Waals surface area contributed by atoms with E-state index in [-0.39, 0.29) is 22.0 Å². The van der Waals surface area contributed by atoms with Gasteiger partial charge in [0, 0.05) is 16.9 Å². The topological polar surface area (TPSA) is 74.1 Å². The van der Waals surface area contributed by atoms with Gasteiger partial charge in [-0.25, -0.2) is 17.5 Å². The van der Waals surface area contributed by atoms with Gasteiger partial charge < -0.3 is 4.74 Å². The molecular weight excluding hydrogens is 393 g/mol. The summed E-state index contributed by atoms with van der Waals surface area (Å²) in [4.78, 5) is 0.